The van der Waals surface area contributed by atoms with Crippen LogP contribution in [0.5, 0.6) is 0 Å². The van der Waals surface area contributed by atoms with Crippen LogP contribution in [0.15, 0.2) is 34.5 Å². The first-order chi connectivity index (χ1) is 10.4. The van der Waals surface area contributed by atoms with Crippen LogP contribution in [-0.4, -0.2) is 27.0 Å². The van der Waals surface area contributed by atoms with Crippen LogP contribution >= 0.6 is 11.3 Å². The summed E-state index contributed by atoms with van der Waals surface area (Å²) < 4.78 is 25.7. The number of sulfonamides is 1. The lowest BCUT2D eigenvalue weighted by atomic mass is 10.1. The van der Waals surface area contributed by atoms with E-state index in [4.69, 9.17) is 0 Å². The molecule has 2 N–H and O–H groups in total. The van der Waals surface area contributed by atoms with Crippen LogP contribution in [0.25, 0.3) is 0 Å². The molecule has 0 radical (unpaired) electrons. The van der Waals surface area contributed by atoms with E-state index >= 15 is 0 Å². The number of benzene rings is 1. The van der Waals surface area contributed by atoms with Gasteiger partial charge in [0.25, 0.3) is 0 Å². The summed E-state index contributed by atoms with van der Waals surface area (Å²) in [6, 6.07) is 7.10. The molecular weight excluding hydrogens is 318 g/mol. The Labute approximate surface area is 135 Å². The second-order valence-corrected chi connectivity index (χ2v) is 8.01. The zero-order chi connectivity index (χ0) is 16.2. The van der Waals surface area contributed by atoms with Crippen LogP contribution < -0.4 is 10.0 Å². The Kier molecular flexibility index (Phi) is 5.69. The van der Waals surface area contributed by atoms with Gasteiger partial charge in [-0.25, -0.2) is 18.1 Å². The number of thiazole rings is 1. The molecule has 1 aromatic carbocycles. The van der Waals surface area contributed by atoms with Crippen LogP contribution in [-0.2, 0) is 16.4 Å². The average Bonchev–Trinajstić information content (AvgIpc) is 2.93. The number of rotatable bonds is 7. The first-order valence-electron chi connectivity index (χ1n) is 7.10. The highest BCUT2D eigenvalue weighted by Gasteiger charge is 2.12. The van der Waals surface area contributed by atoms with Gasteiger partial charge in [0.15, 0.2) is 0 Å². The van der Waals surface area contributed by atoms with Crippen molar-refractivity contribution in [2.75, 3.05) is 13.6 Å². The summed E-state index contributed by atoms with van der Waals surface area (Å²) >= 11 is 1.66. The Bertz CT molecular complexity index is 709. The van der Waals surface area contributed by atoms with Gasteiger partial charge in [-0.1, -0.05) is 12.1 Å². The first-order valence-corrected chi connectivity index (χ1v) is 9.46. The summed E-state index contributed by atoms with van der Waals surface area (Å²) in [5, 5.41) is 6.60. The molecule has 1 atom stereocenters. The van der Waals surface area contributed by atoms with E-state index in [1.807, 2.05) is 19.1 Å². The van der Waals surface area contributed by atoms with E-state index in [2.05, 4.69) is 27.3 Å². The molecule has 1 aromatic heterocycles. The highest BCUT2D eigenvalue weighted by molar-refractivity contribution is 7.89. The van der Waals surface area contributed by atoms with E-state index in [1.165, 1.54) is 7.05 Å². The van der Waals surface area contributed by atoms with Crippen molar-refractivity contribution in [1.29, 1.82) is 0 Å². The van der Waals surface area contributed by atoms with Crippen molar-refractivity contribution >= 4 is 21.4 Å². The predicted molar refractivity (Wildman–Crippen MR) is 89.7 cm³/mol. The summed E-state index contributed by atoms with van der Waals surface area (Å²) in [7, 11) is -1.96. The number of nitrogens with one attached hydrogen (secondary N) is 2. The summed E-state index contributed by atoms with van der Waals surface area (Å²) in [6.07, 6.45) is 0.890. The number of nitrogens with zero attached hydrogens (tertiary/aromatic N) is 1. The Morgan fingerprint density at radius 1 is 1.27 bits per heavy atom. The average molecular weight is 339 g/mol. The molecular formula is C15H21N3O2S2. The number of hydrogen-bond donors (Lipinski definition) is 2. The van der Waals surface area contributed by atoms with Gasteiger partial charge in [0, 0.05) is 24.4 Å². The zero-order valence-corrected chi connectivity index (χ0v) is 14.6. The standard InChI is InChI=1S/C15H21N3O2S2/c1-11(17-9-8-14-10-21-12(2)18-14)13-4-6-15(7-5-13)22(19,20)16-3/h4-7,10-11,16-17H,8-9H2,1-3H3/t11-/m1/s1. The van der Waals surface area contributed by atoms with Gasteiger partial charge >= 0.3 is 0 Å². The highest BCUT2D eigenvalue weighted by atomic mass is 32.2. The van der Waals surface area contributed by atoms with Crippen molar-refractivity contribution < 1.29 is 8.42 Å². The minimum atomic E-state index is -3.37. The lowest BCUT2D eigenvalue weighted by Crippen LogP contribution is -2.22. The van der Waals surface area contributed by atoms with E-state index in [-0.39, 0.29) is 10.9 Å². The molecule has 0 spiro atoms. The van der Waals surface area contributed by atoms with E-state index < -0.39 is 10.0 Å². The van der Waals surface area contributed by atoms with Gasteiger partial charge in [-0.15, -0.1) is 11.3 Å². The second-order valence-electron chi connectivity index (χ2n) is 5.06. The third-order valence-corrected chi connectivity index (χ3v) is 5.71. The van der Waals surface area contributed by atoms with E-state index in [0.29, 0.717) is 0 Å². The van der Waals surface area contributed by atoms with Gasteiger partial charge in [-0.3, -0.25) is 0 Å². The molecule has 0 fully saturated rings. The quantitative estimate of drug-likeness (QED) is 0.812. The van der Waals surface area contributed by atoms with Crippen molar-refractivity contribution in [2.24, 2.45) is 0 Å². The molecule has 0 bridgehead atoms. The third-order valence-electron chi connectivity index (χ3n) is 3.46. The molecule has 0 saturated carbocycles. The SMILES string of the molecule is CNS(=O)(=O)c1ccc([C@@H](C)NCCc2csc(C)n2)cc1. The number of hydrogen-bond acceptors (Lipinski definition) is 5. The smallest absolute Gasteiger partial charge is 0.240 e. The lowest BCUT2D eigenvalue weighted by Gasteiger charge is -2.14. The second kappa shape index (κ2) is 7.32. The normalized spacial score (nSPS) is 13.2. The minimum Gasteiger partial charge on any atom is -0.310 e. The number of aryl methyl sites for hydroxylation is 1. The third kappa shape index (κ3) is 4.36. The van der Waals surface area contributed by atoms with Crippen LogP contribution in [0, 0.1) is 6.92 Å². The maximum absolute atomic E-state index is 11.7. The summed E-state index contributed by atoms with van der Waals surface area (Å²) in [5.74, 6) is 0. The molecule has 0 saturated heterocycles. The van der Waals surface area contributed by atoms with Crippen LogP contribution in [0.1, 0.15) is 29.2 Å². The molecule has 120 valence electrons. The lowest BCUT2D eigenvalue weighted by molar-refractivity contribution is 0.573. The molecule has 2 aromatic rings. The summed E-state index contributed by atoms with van der Waals surface area (Å²) in [6.45, 7) is 4.90. The number of aromatic nitrogens is 1. The molecule has 0 amide bonds. The van der Waals surface area contributed by atoms with Crippen LogP contribution in [0.2, 0.25) is 0 Å². The Morgan fingerprint density at radius 2 is 1.95 bits per heavy atom. The van der Waals surface area contributed by atoms with Gasteiger partial charge in [-0.05, 0) is 38.6 Å². The highest BCUT2D eigenvalue weighted by Crippen LogP contribution is 2.16. The van der Waals surface area contributed by atoms with Gasteiger partial charge in [0.05, 0.1) is 15.6 Å². The molecule has 0 aliphatic heterocycles. The molecule has 0 aliphatic rings. The van der Waals surface area contributed by atoms with Crippen molar-refractivity contribution in [2.45, 2.75) is 31.2 Å². The minimum absolute atomic E-state index is 0.158. The summed E-state index contributed by atoms with van der Waals surface area (Å²) in [4.78, 5) is 4.71. The zero-order valence-electron chi connectivity index (χ0n) is 13.0. The van der Waals surface area contributed by atoms with Gasteiger partial charge in [0.2, 0.25) is 10.0 Å². The van der Waals surface area contributed by atoms with Gasteiger partial charge in [0.1, 0.15) is 0 Å². The Morgan fingerprint density at radius 3 is 2.50 bits per heavy atom. The molecule has 1 heterocycles. The van der Waals surface area contributed by atoms with Crippen molar-refractivity contribution in [3.63, 3.8) is 0 Å². The largest absolute Gasteiger partial charge is 0.310 e. The van der Waals surface area contributed by atoms with Gasteiger partial charge < -0.3 is 5.32 Å². The maximum Gasteiger partial charge on any atom is 0.240 e. The molecule has 5 nitrogen and oxygen atoms in total. The Balaban J connectivity index is 1.91. The fourth-order valence-corrected chi connectivity index (χ4v) is 3.49. The van der Waals surface area contributed by atoms with E-state index in [1.54, 1.807) is 23.5 Å². The Hall–Kier alpha value is -1.28. The predicted octanol–water partition coefficient (Wildman–Crippen LogP) is 2.25. The molecule has 22 heavy (non-hydrogen) atoms. The maximum atomic E-state index is 11.7. The fraction of sp³-hybridized carbons (Fsp3) is 0.400. The molecule has 0 aliphatic carbocycles. The van der Waals surface area contributed by atoms with Crippen LogP contribution in [0.3, 0.4) is 0 Å². The summed E-state index contributed by atoms with van der Waals surface area (Å²) in [5.41, 5.74) is 2.17. The molecule has 0 unspecified atom stereocenters. The van der Waals surface area contributed by atoms with Gasteiger partial charge in [-0.2, -0.15) is 0 Å². The van der Waals surface area contributed by atoms with Crippen molar-refractivity contribution in [3.05, 3.63) is 45.9 Å². The monoisotopic (exact) mass is 339 g/mol. The molecule has 2 rings (SSSR count). The molecule has 7 heteroatoms. The first kappa shape index (κ1) is 17.1. The van der Waals surface area contributed by atoms with Crippen LogP contribution in [0.4, 0.5) is 0 Å². The fourth-order valence-electron chi connectivity index (χ4n) is 2.11. The van der Waals surface area contributed by atoms with Crippen molar-refractivity contribution in [1.82, 2.24) is 15.0 Å². The topological polar surface area (TPSA) is 71.1 Å². The van der Waals surface area contributed by atoms with E-state index in [0.717, 1.165) is 29.2 Å². The van der Waals surface area contributed by atoms with Crippen molar-refractivity contribution in [3.8, 4) is 0 Å². The van der Waals surface area contributed by atoms with E-state index in [9.17, 15) is 8.42 Å².